The number of rotatable bonds is 2. The van der Waals surface area contributed by atoms with Crippen LogP contribution in [0.25, 0.3) is 5.69 Å². The van der Waals surface area contributed by atoms with E-state index in [0.717, 1.165) is 11.4 Å². The number of hydrogen-bond donors (Lipinski definition) is 2. The van der Waals surface area contributed by atoms with Crippen LogP contribution in [0, 0.1) is 0 Å². The molecule has 3 N–H and O–H groups in total. The van der Waals surface area contributed by atoms with Gasteiger partial charge in [-0.25, -0.2) is 4.68 Å². The predicted octanol–water partition coefficient (Wildman–Crippen LogP) is 1.04. The summed E-state index contributed by atoms with van der Waals surface area (Å²) >= 11 is 0. The van der Waals surface area contributed by atoms with Crippen LogP contribution in [-0.2, 0) is 6.54 Å². The summed E-state index contributed by atoms with van der Waals surface area (Å²) in [6, 6.07) is 8.70. The van der Waals surface area contributed by atoms with Crippen molar-refractivity contribution in [3.63, 3.8) is 0 Å². The summed E-state index contributed by atoms with van der Waals surface area (Å²) in [4.78, 5) is 0. The third-order valence-corrected chi connectivity index (χ3v) is 1.97. The average molecular weight is 189 g/mol. The smallest absolute Gasteiger partial charge is 0.115 e. The van der Waals surface area contributed by atoms with Crippen LogP contribution in [0.4, 0.5) is 0 Å². The Morgan fingerprint density at radius 1 is 1.21 bits per heavy atom. The Hall–Kier alpha value is -1.81. The summed E-state index contributed by atoms with van der Waals surface area (Å²) in [5.74, 6) is 0.250. The zero-order chi connectivity index (χ0) is 9.97. The van der Waals surface area contributed by atoms with Gasteiger partial charge in [0.25, 0.3) is 0 Å². The molecule has 0 aliphatic heterocycles. The molecule has 0 aliphatic carbocycles. The number of hydrogen-bond acceptors (Lipinski definition) is 3. The van der Waals surface area contributed by atoms with Crippen molar-refractivity contribution < 1.29 is 5.11 Å². The lowest BCUT2D eigenvalue weighted by Gasteiger charge is -2.00. The zero-order valence-corrected chi connectivity index (χ0v) is 7.59. The van der Waals surface area contributed by atoms with Crippen molar-refractivity contribution >= 4 is 0 Å². The Labute approximate surface area is 81.6 Å². The molecular weight excluding hydrogens is 178 g/mol. The second-order valence-corrected chi connectivity index (χ2v) is 2.97. The Kier molecular flexibility index (Phi) is 2.20. The van der Waals surface area contributed by atoms with Gasteiger partial charge in [-0.15, -0.1) is 0 Å². The number of benzene rings is 1. The van der Waals surface area contributed by atoms with E-state index in [2.05, 4.69) is 5.10 Å². The zero-order valence-electron chi connectivity index (χ0n) is 7.59. The average Bonchev–Trinajstić information content (AvgIpc) is 2.67. The molecule has 1 aromatic heterocycles. The van der Waals surface area contributed by atoms with Crippen molar-refractivity contribution in [3.8, 4) is 11.4 Å². The van der Waals surface area contributed by atoms with Crippen LogP contribution in [0.3, 0.4) is 0 Å². The highest BCUT2D eigenvalue weighted by Crippen LogP contribution is 2.13. The van der Waals surface area contributed by atoms with Crippen molar-refractivity contribution in [2.75, 3.05) is 0 Å². The van der Waals surface area contributed by atoms with Gasteiger partial charge in [-0.3, -0.25) is 0 Å². The summed E-state index contributed by atoms with van der Waals surface area (Å²) in [6.07, 6.45) is 1.84. The molecular formula is C10H11N3O. The molecule has 0 bridgehead atoms. The highest BCUT2D eigenvalue weighted by molar-refractivity contribution is 5.36. The van der Waals surface area contributed by atoms with Crippen LogP contribution in [0.1, 0.15) is 5.69 Å². The first-order chi connectivity index (χ1) is 6.79. The van der Waals surface area contributed by atoms with Gasteiger partial charge in [0.1, 0.15) is 5.75 Å². The Morgan fingerprint density at radius 3 is 2.50 bits per heavy atom. The Balaban J connectivity index is 2.34. The summed E-state index contributed by atoms with van der Waals surface area (Å²) in [7, 11) is 0. The number of nitrogens with two attached hydrogens (primary N) is 1. The Bertz CT molecular complexity index is 419. The molecule has 0 atom stereocenters. The topological polar surface area (TPSA) is 64.1 Å². The monoisotopic (exact) mass is 189 g/mol. The van der Waals surface area contributed by atoms with Crippen molar-refractivity contribution in [1.29, 1.82) is 0 Å². The first-order valence-corrected chi connectivity index (χ1v) is 4.33. The van der Waals surface area contributed by atoms with Crippen LogP contribution in [0.5, 0.6) is 5.75 Å². The molecule has 2 aromatic rings. The minimum absolute atomic E-state index is 0.250. The second-order valence-electron chi connectivity index (χ2n) is 2.97. The van der Waals surface area contributed by atoms with Crippen LogP contribution in [-0.4, -0.2) is 14.9 Å². The summed E-state index contributed by atoms with van der Waals surface area (Å²) in [5, 5.41) is 13.3. The minimum Gasteiger partial charge on any atom is -0.508 e. The molecule has 4 nitrogen and oxygen atoms in total. The van der Waals surface area contributed by atoms with Gasteiger partial charge in [-0.05, 0) is 30.3 Å². The maximum absolute atomic E-state index is 9.11. The molecule has 0 spiro atoms. The molecule has 0 aliphatic rings. The molecule has 72 valence electrons. The van der Waals surface area contributed by atoms with Gasteiger partial charge in [-0.2, -0.15) is 5.10 Å². The lowest BCUT2D eigenvalue weighted by molar-refractivity contribution is 0.475. The van der Waals surface area contributed by atoms with E-state index in [-0.39, 0.29) is 5.75 Å². The fourth-order valence-electron chi connectivity index (χ4n) is 1.22. The quantitative estimate of drug-likeness (QED) is 0.741. The van der Waals surface area contributed by atoms with Crippen molar-refractivity contribution in [1.82, 2.24) is 9.78 Å². The van der Waals surface area contributed by atoms with E-state index >= 15 is 0 Å². The first-order valence-electron chi connectivity index (χ1n) is 4.33. The van der Waals surface area contributed by atoms with Gasteiger partial charge in [0.05, 0.1) is 11.4 Å². The van der Waals surface area contributed by atoms with Gasteiger partial charge in [0, 0.05) is 12.7 Å². The lowest BCUT2D eigenvalue weighted by Crippen LogP contribution is -2.00. The first kappa shape index (κ1) is 8.77. The van der Waals surface area contributed by atoms with E-state index in [1.807, 2.05) is 12.3 Å². The molecule has 0 radical (unpaired) electrons. The molecule has 1 aromatic carbocycles. The van der Waals surface area contributed by atoms with Gasteiger partial charge in [0.15, 0.2) is 0 Å². The van der Waals surface area contributed by atoms with E-state index in [1.54, 1.807) is 28.9 Å². The number of phenolic OH excluding ortho intramolecular Hbond substituents is 1. The third-order valence-electron chi connectivity index (χ3n) is 1.97. The standard InChI is InChI=1S/C10H11N3O/c11-7-8-5-6-13(12-8)9-1-3-10(14)4-2-9/h1-6,14H,7,11H2. The van der Waals surface area contributed by atoms with Gasteiger partial charge in [0.2, 0.25) is 0 Å². The molecule has 0 amide bonds. The fourth-order valence-corrected chi connectivity index (χ4v) is 1.22. The van der Waals surface area contributed by atoms with Crippen molar-refractivity contribution in [2.45, 2.75) is 6.54 Å². The molecule has 0 saturated carbocycles. The highest BCUT2D eigenvalue weighted by Gasteiger charge is 1.98. The predicted molar refractivity (Wildman–Crippen MR) is 53.1 cm³/mol. The number of aromatic hydroxyl groups is 1. The molecule has 0 unspecified atom stereocenters. The second kappa shape index (κ2) is 3.51. The summed E-state index contributed by atoms with van der Waals surface area (Å²) in [5.41, 5.74) is 7.20. The molecule has 1 heterocycles. The fraction of sp³-hybridized carbons (Fsp3) is 0.100. The van der Waals surface area contributed by atoms with Gasteiger partial charge in [-0.1, -0.05) is 0 Å². The Morgan fingerprint density at radius 2 is 1.93 bits per heavy atom. The number of nitrogens with zero attached hydrogens (tertiary/aromatic N) is 2. The van der Waals surface area contributed by atoms with E-state index in [1.165, 1.54) is 0 Å². The highest BCUT2D eigenvalue weighted by atomic mass is 16.3. The molecule has 0 fully saturated rings. The number of aromatic nitrogens is 2. The van der Waals surface area contributed by atoms with E-state index in [4.69, 9.17) is 10.8 Å². The van der Waals surface area contributed by atoms with Crippen LogP contribution in [0.2, 0.25) is 0 Å². The summed E-state index contributed by atoms with van der Waals surface area (Å²) in [6.45, 7) is 0.436. The third kappa shape index (κ3) is 1.60. The van der Waals surface area contributed by atoms with Gasteiger partial charge >= 0.3 is 0 Å². The van der Waals surface area contributed by atoms with Crippen molar-refractivity contribution in [2.24, 2.45) is 5.73 Å². The maximum atomic E-state index is 9.11. The summed E-state index contributed by atoms with van der Waals surface area (Å²) < 4.78 is 1.72. The van der Waals surface area contributed by atoms with E-state index in [0.29, 0.717) is 6.54 Å². The lowest BCUT2D eigenvalue weighted by atomic mass is 10.3. The van der Waals surface area contributed by atoms with Crippen molar-refractivity contribution in [3.05, 3.63) is 42.2 Å². The molecule has 0 saturated heterocycles. The minimum atomic E-state index is 0.250. The van der Waals surface area contributed by atoms with E-state index in [9.17, 15) is 0 Å². The number of phenols is 1. The molecule has 4 heteroatoms. The van der Waals surface area contributed by atoms with Crippen LogP contribution in [0.15, 0.2) is 36.5 Å². The largest absolute Gasteiger partial charge is 0.508 e. The normalized spacial score (nSPS) is 10.4. The SMILES string of the molecule is NCc1ccn(-c2ccc(O)cc2)n1. The van der Waals surface area contributed by atoms with Crippen LogP contribution >= 0.6 is 0 Å². The molecule has 14 heavy (non-hydrogen) atoms. The molecule has 2 rings (SSSR count). The van der Waals surface area contributed by atoms with Gasteiger partial charge < -0.3 is 10.8 Å². The maximum Gasteiger partial charge on any atom is 0.115 e. The van der Waals surface area contributed by atoms with Crippen LogP contribution < -0.4 is 5.73 Å². The van der Waals surface area contributed by atoms with E-state index < -0.39 is 0 Å².